The van der Waals surface area contributed by atoms with E-state index in [1.54, 1.807) is 0 Å². The second kappa shape index (κ2) is 6.67. The van der Waals surface area contributed by atoms with E-state index in [1.165, 1.54) is 32.1 Å². The van der Waals surface area contributed by atoms with Crippen LogP contribution in [0.5, 0.6) is 0 Å². The molecule has 0 radical (unpaired) electrons. The highest BCUT2D eigenvalue weighted by Crippen LogP contribution is 2.19. The van der Waals surface area contributed by atoms with Crippen LogP contribution < -0.4 is 5.73 Å². The number of nitrogens with two attached hydrogens (primary N) is 1. The van der Waals surface area contributed by atoms with Crippen LogP contribution in [0, 0.1) is 6.92 Å². The molecule has 2 N–H and O–H groups in total. The van der Waals surface area contributed by atoms with Crippen molar-refractivity contribution < 1.29 is 4.42 Å². The molecule has 2 heteroatoms. The average Bonchev–Trinajstić information content (AvgIpc) is 2.64. The topological polar surface area (TPSA) is 39.2 Å². The van der Waals surface area contributed by atoms with Gasteiger partial charge in [-0.2, -0.15) is 0 Å². The Bertz CT molecular complexity index is 267. The van der Waals surface area contributed by atoms with Crippen LogP contribution in [0.3, 0.4) is 0 Å². The molecule has 86 valence electrons. The maximum Gasteiger partial charge on any atom is 0.120 e. The SMILES string of the molecule is CCCCCCCC(N)c1ccc(C)o1. The van der Waals surface area contributed by atoms with Crippen molar-refractivity contribution in [1.29, 1.82) is 0 Å². The Balaban J connectivity index is 2.16. The van der Waals surface area contributed by atoms with Crippen molar-refractivity contribution in [3.8, 4) is 0 Å². The van der Waals surface area contributed by atoms with Gasteiger partial charge in [-0.1, -0.05) is 39.0 Å². The van der Waals surface area contributed by atoms with E-state index in [0.29, 0.717) is 0 Å². The molecule has 2 nitrogen and oxygen atoms in total. The van der Waals surface area contributed by atoms with Gasteiger partial charge in [-0.05, 0) is 25.5 Å². The second-order valence-corrected chi connectivity index (χ2v) is 4.26. The third kappa shape index (κ3) is 4.52. The van der Waals surface area contributed by atoms with E-state index in [9.17, 15) is 0 Å². The van der Waals surface area contributed by atoms with E-state index < -0.39 is 0 Å². The first-order valence-electron chi connectivity index (χ1n) is 6.06. The van der Waals surface area contributed by atoms with E-state index in [4.69, 9.17) is 10.2 Å². The summed E-state index contributed by atoms with van der Waals surface area (Å²) in [6.45, 7) is 4.19. The molecule has 0 fully saturated rings. The van der Waals surface area contributed by atoms with Gasteiger partial charge in [0.05, 0.1) is 6.04 Å². The summed E-state index contributed by atoms with van der Waals surface area (Å²) in [5.41, 5.74) is 6.03. The van der Waals surface area contributed by atoms with Gasteiger partial charge in [0.15, 0.2) is 0 Å². The van der Waals surface area contributed by atoms with Gasteiger partial charge >= 0.3 is 0 Å². The molecule has 1 unspecified atom stereocenters. The first-order valence-corrected chi connectivity index (χ1v) is 6.06. The Morgan fingerprint density at radius 1 is 1.20 bits per heavy atom. The monoisotopic (exact) mass is 209 g/mol. The Labute approximate surface area is 92.9 Å². The fourth-order valence-corrected chi connectivity index (χ4v) is 1.76. The zero-order valence-corrected chi connectivity index (χ0v) is 9.96. The minimum absolute atomic E-state index is 0.0836. The Kier molecular flexibility index (Phi) is 5.48. The molecule has 1 aromatic rings. The van der Waals surface area contributed by atoms with Gasteiger partial charge in [-0.25, -0.2) is 0 Å². The first kappa shape index (κ1) is 12.3. The summed E-state index contributed by atoms with van der Waals surface area (Å²) in [5.74, 6) is 1.88. The van der Waals surface area contributed by atoms with Crippen LogP contribution in [0.25, 0.3) is 0 Å². The third-order valence-electron chi connectivity index (χ3n) is 2.75. The van der Waals surface area contributed by atoms with Crippen molar-refractivity contribution >= 4 is 0 Å². The Morgan fingerprint density at radius 2 is 1.93 bits per heavy atom. The van der Waals surface area contributed by atoms with Crippen LogP contribution in [0.1, 0.15) is 63.0 Å². The highest BCUT2D eigenvalue weighted by Gasteiger charge is 2.08. The molecule has 0 bridgehead atoms. The van der Waals surface area contributed by atoms with Gasteiger partial charge < -0.3 is 10.2 Å². The first-order chi connectivity index (χ1) is 7.24. The molecule has 0 aliphatic heterocycles. The molecular weight excluding hydrogens is 186 g/mol. The lowest BCUT2D eigenvalue weighted by atomic mass is 10.1. The van der Waals surface area contributed by atoms with E-state index in [0.717, 1.165) is 17.9 Å². The summed E-state index contributed by atoms with van der Waals surface area (Å²) in [6.07, 6.45) is 7.51. The number of furan rings is 1. The summed E-state index contributed by atoms with van der Waals surface area (Å²) in [5, 5.41) is 0. The predicted octanol–water partition coefficient (Wildman–Crippen LogP) is 3.95. The van der Waals surface area contributed by atoms with Crippen molar-refractivity contribution in [2.75, 3.05) is 0 Å². The molecule has 1 atom stereocenters. The lowest BCUT2D eigenvalue weighted by Gasteiger charge is -2.08. The fraction of sp³-hybridized carbons (Fsp3) is 0.692. The van der Waals surface area contributed by atoms with E-state index in [2.05, 4.69) is 6.92 Å². The van der Waals surface area contributed by atoms with Crippen LogP contribution >= 0.6 is 0 Å². The van der Waals surface area contributed by atoms with Crippen LogP contribution in [-0.4, -0.2) is 0 Å². The molecule has 1 heterocycles. The van der Waals surface area contributed by atoms with E-state index in [-0.39, 0.29) is 6.04 Å². The van der Waals surface area contributed by atoms with Gasteiger partial charge in [-0.15, -0.1) is 0 Å². The van der Waals surface area contributed by atoms with Crippen molar-refractivity contribution in [1.82, 2.24) is 0 Å². The lowest BCUT2D eigenvalue weighted by molar-refractivity contribution is 0.424. The van der Waals surface area contributed by atoms with Crippen molar-refractivity contribution in [2.24, 2.45) is 5.73 Å². The summed E-state index contributed by atoms with van der Waals surface area (Å²) < 4.78 is 5.50. The lowest BCUT2D eigenvalue weighted by Crippen LogP contribution is -2.08. The van der Waals surface area contributed by atoms with Gasteiger partial charge in [0, 0.05) is 0 Å². The van der Waals surface area contributed by atoms with Crippen LogP contribution in [-0.2, 0) is 0 Å². The van der Waals surface area contributed by atoms with Crippen molar-refractivity contribution in [3.05, 3.63) is 23.7 Å². The summed E-state index contributed by atoms with van der Waals surface area (Å²) in [6, 6.07) is 4.05. The minimum Gasteiger partial charge on any atom is -0.465 e. The molecule has 0 saturated carbocycles. The quantitative estimate of drug-likeness (QED) is 0.691. The normalized spacial score (nSPS) is 13.0. The zero-order valence-electron chi connectivity index (χ0n) is 9.96. The number of rotatable bonds is 7. The maximum absolute atomic E-state index is 6.03. The van der Waals surface area contributed by atoms with E-state index >= 15 is 0 Å². The van der Waals surface area contributed by atoms with Gasteiger partial charge in [-0.3, -0.25) is 0 Å². The third-order valence-corrected chi connectivity index (χ3v) is 2.75. The minimum atomic E-state index is 0.0836. The molecule has 0 aliphatic rings. The Hall–Kier alpha value is -0.760. The molecule has 0 saturated heterocycles. The molecule has 0 aromatic carbocycles. The zero-order chi connectivity index (χ0) is 11.1. The number of aryl methyl sites for hydroxylation is 1. The standard InChI is InChI=1S/C13H23NO/c1-3-4-5-6-7-8-12(14)13-10-9-11(2)15-13/h9-10,12H,3-8,14H2,1-2H3. The molecule has 1 rings (SSSR count). The van der Waals surface area contributed by atoms with Crippen LogP contribution in [0.4, 0.5) is 0 Å². The maximum atomic E-state index is 6.03. The van der Waals surface area contributed by atoms with Crippen molar-refractivity contribution in [2.45, 2.75) is 58.4 Å². The average molecular weight is 209 g/mol. The molecule has 1 aromatic heterocycles. The summed E-state index contributed by atoms with van der Waals surface area (Å²) >= 11 is 0. The number of hydrogen-bond donors (Lipinski definition) is 1. The second-order valence-electron chi connectivity index (χ2n) is 4.26. The number of unbranched alkanes of at least 4 members (excludes halogenated alkanes) is 4. The van der Waals surface area contributed by atoms with Gasteiger partial charge in [0.2, 0.25) is 0 Å². The molecule has 0 aliphatic carbocycles. The summed E-state index contributed by atoms with van der Waals surface area (Å²) in [4.78, 5) is 0. The van der Waals surface area contributed by atoms with E-state index in [1.807, 2.05) is 19.1 Å². The molecule has 0 spiro atoms. The highest BCUT2D eigenvalue weighted by molar-refractivity contribution is 5.08. The van der Waals surface area contributed by atoms with Crippen LogP contribution in [0.15, 0.2) is 16.5 Å². The largest absolute Gasteiger partial charge is 0.465 e. The van der Waals surface area contributed by atoms with Crippen LogP contribution in [0.2, 0.25) is 0 Å². The van der Waals surface area contributed by atoms with Gasteiger partial charge in [0.1, 0.15) is 11.5 Å². The fourth-order valence-electron chi connectivity index (χ4n) is 1.76. The summed E-state index contributed by atoms with van der Waals surface area (Å²) in [7, 11) is 0. The number of hydrogen-bond acceptors (Lipinski definition) is 2. The molecular formula is C13H23NO. The Morgan fingerprint density at radius 3 is 2.53 bits per heavy atom. The smallest absolute Gasteiger partial charge is 0.120 e. The van der Waals surface area contributed by atoms with Crippen molar-refractivity contribution in [3.63, 3.8) is 0 Å². The van der Waals surface area contributed by atoms with Gasteiger partial charge in [0.25, 0.3) is 0 Å². The predicted molar refractivity (Wildman–Crippen MR) is 63.7 cm³/mol. The molecule has 15 heavy (non-hydrogen) atoms. The highest BCUT2D eigenvalue weighted by atomic mass is 16.3. The molecule has 0 amide bonds.